The predicted molar refractivity (Wildman–Crippen MR) is 132 cm³/mol. The number of hydrogen-bond acceptors (Lipinski definition) is 5. The maximum Gasteiger partial charge on any atom is 0.267 e. The highest BCUT2D eigenvalue weighted by Gasteiger charge is 2.23. The lowest BCUT2D eigenvalue weighted by atomic mass is 9.97. The summed E-state index contributed by atoms with van der Waals surface area (Å²) in [7, 11) is 1.64. The topological polar surface area (TPSA) is 44.1 Å². The summed E-state index contributed by atoms with van der Waals surface area (Å²) in [6.07, 6.45) is 4.36. The van der Waals surface area contributed by atoms with Crippen LogP contribution < -0.4 is 10.3 Å². The third-order valence-corrected chi connectivity index (χ3v) is 8.29. The Hall–Kier alpha value is -2.09. The Labute approximate surface area is 197 Å². The van der Waals surface area contributed by atoms with Crippen molar-refractivity contribution in [2.75, 3.05) is 7.11 Å². The highest BCUT2D eigenvalue weighted by molar-refractivity contribution is 9.10. The Kier molecular flexibility index (Phi) is 5.91. The van der Waals surface area contributed by atoms with Gasteiger partial charge in [0, 0.05) is 15.1 Å². The fourth-order valence-electron chi connectivity index (χ4n) is 3.97. The van der Waals surface area contributed by atoms with Gasteiger partial charge in [0.2, 0.25) is 0 Å². The molecule has 0 amide bonds. The molecule has 0 N–H and O–H groups in total. The summed E-state index contributed by atoms with van der Waals surface area (Å²) in [5.74, 6) is 1.51. The summed E-state index contributed by atoms with van der Waals surface area (Å²) in [6, 6.07) is 15.9. The Morgan fingerprint density at radius 1 is 1.10 bits per heavy atom. The zero-order valence-electron chi connectivity index (χ0n) is 17.1. The first-order chi connectivity index (χ1) is 15.1. The molecule has 0 bridgehead atoms. The van der Waals surface area contributed by atoms with Gasteiger partial charge in [0.25, 0.3) is 5.56 Å². The molecule has 0 saturated carbocycles. The first-order valence-corrected chi connectivity index (χ1v) is 12.8. The Morgan fingerprint density at radius 3 is 2.58 bits per heavy atom. The molecule has 1 aliphatic rings. The minimum absolute atomic E-state index is 0.0351. The molecule has 31 heavy (non-hydrogen) atoms. The van der Waals surface area contributed by atoms with Crippen LogP contribution in [0.2, 0.25) is 0 Å². The molecule has 0 aliphatic heterocycles. The monoisotopic (exact) mass is 512 g/mol. The normalized spacial score (nSPS) is 13.4. The zero-order valence-corrected chi connectivity index (χ0v) is 20.3. The van der Waals surface area contributed by atoms with E-state index in [4.69, 9.17) is 9.72 Å². The lowest BCUT2D eigenvalue weighted by Crippen LogP contribution is -2.22. The molecule has 0 saturated heterocycles. The number of hydrogen-bond donors (Lipinski definition) is 0. The molecule has 0 fully saturated rings. The molecule has 2 heterocycles. The summed E-state index contributed by atoms with van der Waals surface area (Å²) in [5.41, 5.74) is 3.26. The van der Waals surface area contributed by atoms with Gasteiger partial charge in [0.15, 0.2) is 5.16 Å². The smallest absolute Gasteiger partial charge is 0.267 e. The minimum Gasteiger partial charge on any atom is -0.497 e. The van der Waals surface area contributed by atoms with Gasteiger partial charge in [-0.15, -0.1) is 11.3 Å². The molecule has 2 aromatic carbocycles. The van der Waals surface area contributed by atoms with E-state index >= 15 is 0 Å². The van der Waals surface area contributed by atoms with Crippen molar-refractivity contribution in [2.45, 2.75) is 36.6 Å². The maximum atomic E-state index is 13.8. The number of aromatic nitrogens is 2. The molecule has 4 nitrogen and oxygen atoms in total. The highest BCUT2D eigenvalue weighted by atomic mass is 79.9. The first kappa shape index (κ1) is 20.8. The van der Waals surface area contributed by atoms with Gasteiger partial charge < -0.3 is 4.74 Å². The fourth-order valence-corrected chi connectivity index (χ4v) is 6.51. The number of thioether (sulfide) groups is 1. The molecular formula is C24H21BrN2O2S2. The van der Waals surface area contributed by atoms with E-state index in [-0.39, 0.29) is 5.56 Å². The Bertz CT molecular complexity index is 1290. The molecular weight excluding hydrogens is 492 g/mol. The lowest BCUT2D eigenvalue weighted by Gasteiger charge is -2.14. The van der Waals surface area contributed by atoms with Crippen LogP contribution in [0.3, 0.4) is 0 Å². The van der Waals surface area contributed by atoms with Crippen LogP contribution in [0, 0.1) is 0 Å². The van der Waals surface area contributed by atoms with Gasteiger partial charge in [-0.1, -0.05) is 39.8 Å². The van der Waals surface area contributed by atoms with Gasteiger partial charge in [-0.2, -0.15) is 0 Å². The second-order valence-corrected chi connectivity index (χ2v) is 10.5. The Balaban J connectivity index is 1.64. The third kappa shape index (κ3) is 4.06. The summed E-state index contributed by atoms with van der Waals surface area (Å²) in [5, 5.41) is 1.53. The van der Waals surface area contributed by atoms with Crippen LogP contribution in [-0.2, 0) is 18.6 Å². The zero-order chi connectivity index (χ0) is 21.4. The van der Waals surface area contributed by atoms with Crippen LogP contribution in [0.4, 0.5) is 0 Å². The molecule has 2 aromatic heterocycles. The van der Waals surface area contributed by atoms with E-state index in [0.717, 1.165) is 56.3 Å². The maximum absolute atomic E-state index is 13.8. The number of benzene rings is 2. The summed E-state index contributed by atoms with van der Waals surface area (Å²) in [4.78, 5) is 21.0. The number of fused-ring (bicyclic) bond motifs is 3. The lowest BCUT2D eigenvalue weighted by molar-refractivity contribution is 0.414. The number of ether oxygens (including phenoxy) is 1. The van der Waals surface area contributed by atoms with E-state index in [9.17, 15) is 4.79 Å². The molecule has 5 rings (SSSR count). The van der Waals surface area contributed by atoms with Crippen molar-refractivity contribution < 1.29 is 4.74 Å². The van der Waals surface area contributed by atoms with Crippen molar-refractivity contribution in [2.24, 2.45) is 0 Å². The number of aryl methyl sites for hydroxylation is 2. The van der Waals surface area contributed by atoms with Crippen molar-refractivity contribution in [3.8, 4) is 11.4 Å². The fraction of sp³-hybridized carbons (Fsp3) is 0.250. The summed E-state index contributed by atoms with van der Waals surface area (Å²) < 4.78 is 8.13. The molecule has 0 spiro atoms. The number of nitrogens with zero attached hydrogens (tertiary/aromatic N) is 2. The van der Waals surface area contributed by atoms with Gasteiger partial charge >= 0.3 is 0 Å². The van der Waals surface area contributed by atoms with E-state index < -0.39 is 0 Å². The summed E-state index contributed by atoms with van der Waals surface area (Å²) >= 11 is 6.78. The molecule has 0 atom stereocenters. The highest BCUT2D eigenvalue weighted by Crippen LogP contribution is 2.35. The van der Waals surface area contributed by atoms with Crippen LogP contribution in [0.5, 0.6) is 5.75 Å². The first-order valence-electron chi connectivity index (χ1n) is 10.2. The van der Waals surface area contributed by atoms with Gasteiger partial charge in [0.05, 0.1) is 18.2 Å². The van der Waals surface area contributed by atoms with Crippen molar-refractivity contribution in [3.05, 3.63) is 79.4 Å². The van der Waals surface area contributed by atoms with Gasteiger partial charge in [0.1, 0.15) is 10.6 Å². The van der Waals surface area contributed by atoms with Gasteiger partial charge in [-0.3, -0.25) is 9.36 Å². The van der Waals surface area contributed by atoms with Crippen molar-refractivity contribution in [1.29, 1.82) is 0 Å². The minimum atomic E-state index is 0.0351. The molecule has 7 heteroatoms. The molecule has 158 valence electrons. The van der Waals surface area contributed by atoms with Crippen LogP contribution >= 0.6 is 39.0 Å². The van der Waals surface area contributed by atoms with E-state index in [2.05, 4.69) is 28.1 Å². The number of halogens is 1. The molecule has 0 unspecified atom stereocenters. The summed E-state index contributed by atoms with van der Waals surface area (Å²) in [6.45, 7) is 0. The molecule has 4 aromatic rings. The second kappa shape index (κ2) is 8.81. The van der Waals surface area contributed by atoms with Crippen molar-refractivity contribution in [3.63, 3.8) is 0 Å². The second-order valence-electron chi connectivity index (χ2n) is 7.54. The van der Waals surface area contributed by atoms with E-state index in [1.165, 1.54) is 22.4 Å². The average molecular weight is 513 g/mol. The van der Waals surface area contributed by atoms with Gasteiger partial charge in [-0.25, -0.2) is 4.98 Å². The van der Waals surface area contributed by atoms with E-state index in [1.54, 1.807) is 34.8 Å². The quantitative estimate of drug-likeness (QED) is 0.229. The van der Waals surface area contributed by atoms with E-state index in [0.29, 0.717) is 0 Å². The largest absolute Gasteiger partial charge is 0.497 e. The molecule has 1 aliphatic carbocycles. The number of methoxy groups -OCH3 is 1. The third-order valence-electron chi connectivity index (χ3n) is 5.57. The standard InChI is InChI=1S/C24H21BrN2O2S2/c1-29-18-12-10-17(11-13-18)27-23(28)21-19-4-2-3-5-20(19)31-22(21)26-24(27)30-14-15-6-8-16(25)9-7-15/h6-13H,2-5,14H2,1H3. The predicted octanol–water partition coefficient (Wildman–Crippen LogP) is 6.39. The van der Waals surface area contributed by atoms with E-state index in [1.807, 2.05) is 36.4 Å². The van der Waals surface area contributed by atoms with Crippen LogP contribution in [-0.4, -0.2) is 16.7 Å². The van der Waals surface area contributed by atoms with Gasteiger partial charge in [-0.05, 0) is 73.2 Å². The SMILES string of the molecule is COc1ccc(-n2c(SCc3ccc(Br)cc3)nc3sc4c(c3c2=O)CCCC4)cc1. The van der Waals surface area contributed by atoms with Crippen LogP contribution in [0.1, 0.15) is 28.8 Å². The van der Waals surface area contributed by atoms with Crippen molar-refractivity contribution in [1.82, 2.24) is 9.55 Å². The van der Waals surface area contributed by atoms with Crippen LogP contribution in [0.15, 0.2) is 63.0 Å². The van der Waals surface area contributed by atoms with Crippen molar-refractivity contribution >= 4 is 49.2 Å². The number of thiophene rings is 1. The Morgan fingerprint density at radius 2 is 1.84 bits per heavy atom. The molecule has 0 radical (unpaired) electrons. The van der Waals surface area contributed by atoms with Crippen LogP contribution in [0.25, 0.3) is 15.9 Å². The average Bonchev–Trinajstić information content (AvgIpc) is 3.17. The number of rotatable bonds is 5.